The van der Waals surface area contributed by atoms with Crippen LogP contribution in [0.4, 0.5) is 10.1 Å². The van der Waals surface area contributed by atoms with Gasteiger partial charge in [0.2, 0.25) is 5.91 Å². The highest BCUT2D eigenvalue weighted by molar-refractivity contribution is 6.11. The third kappa shape index (κ3) is 6.88. The molecule has 2 aliphatic carbocycles. The van der Waals surface area contributed by atoms with E-state index in [0.717, 1.165) is 10.6 Å². The molecule has 4 nitrogen and oxygen atoms in total. The van der Waals surface area contributed by atoms with Crippen LogP contribution in [-0.2, 0) is 9.59 Å². The number of nitrogens with zero attached hydrogens (tertiary/aromatic N) is 1. The molecule has 0 aromatic heterocycles. The van der Waals surface area contributed by atoms with Crippen LogP contribution in [0.25, 0.3) is 12.2 Å². The monoisotopic (exact) mass is 459 g/mol. The maximum absolute atomic E-state index is 12.6. The van der Waals surface area contributed by atoms with Gasteiger partial charge < -0.3 is 0 Å². The molecule has 1 fully saturated rings. The topological polar surface area (TPSA) is 49.4 Å². The van der Waals surface area contributed by atoms with E-state index in [9.17, 15) is 14.0 Å². The van der Waals surface area contributed by atoms with Crippen LogP contribution in [0.1, 0.15) is 49.9 Å². The molecular weight excluding hydrogens is 427 g/mol. The number of anilines is 1. The fourth-order valence-corrected chi connectivity index (χ4v) is 3.49. The van der Waals surface area contributed by atoms with Crippen molar-refractivity contribution < 1.29 is 15.4 Å². The van der Waals surface area contributed by atoms with Crippen molar-refractivity contribution in [3.05, 3.63) is 107 Å². The van der Waals surface area contributed by atoms with Crippen LogP contribution in [0, 0.1) is 26.1 Å². The number of benzene rings is 2. The average molecular weight is 460 g/mol. The van der Waals surface area contributed by atoms with Crippen molar-refractivity contribution in [1.29, 1.82) is 0 Å². The van der Waals surface area contributed by atoms with Crippen LogP contribution in [0.3, 0.4) is 0 Å². The Bertz CT molecular complexity index is 1140. The first-order chi connectivity index (χ1) is 16.3. The number of rotatable bonds is 3. The predicted octanol–water partition coefficient (Wildman–Crippen LogP) is 6.67. The minimum absolute atomic E-state index is 0. The Hall–Kier alpha value is -3.73. The van der Waals surface area contributed by atoms with Gasteiger partial charge in [0, 0.05) is 7.85 Å². The number of allylic oxidation sites excluding steroid dienone is 5. The summed E-state index contributed by atoms with van der Waals surface area (Å²) in [6, 6.07) is 9.65. The largest absolute Gasteiger partial charge is 0.273 e. The second-order valence-electron chi connectivity index (χ2n) is 8.34. The van der Waals surface area contributed by atoms with E-state index in [0.29, 0.717) is 5.69 Å². The number of nitrogens with one attached hydrogen (secondary N) is 1. The molecule has 5 rings (SSSR count). The predicted molar refractivity (Wildman–Crippen MR) is 139 cm³/mol. The molecule has 0 unspecified atom stereocenters. The molecule has 177 valence electrons. The number of carbonyl (C=O) groups is 2. The quantitative estimate of drug-likeness (QED) is 0.521. The van der Waals surface area contributed by atoms with E-state index in [1.807, 2.05) is 0 Å². The summed E-state index contributed by atoms with van der Waals surface area (Å²) in [7, 11) is 0. The van der Waals surface area contributed by atoms with Crippen molar-refractivity contribution in [2.24, 2.45) is 0 Å². The molecule has 1 heterocycles. The van der Waals surface area contributed by atoms with Gasteiger partial charge in [0.1, 0.15) is 12.2 Å². The lowest BCUT2D eigenvalue weighted by Crippen LogP contribution is -2.35. The Morgan fingerprint density at radius 1 is 0.971 bits per heavy atom. The lowest BCUT2D eigenvalue weighted by atomic mass is 9.97. The van der Waals surface area contributed by atoms with Crippen molar-refractivity contribution in [1.82, 2.24) is 5.43 Å². The Balaban J connectivity index is 0.000000196. The second kappa shape index (κ2) is 11.4. The molecule has 1 saturated heterocycles. The van der Waals surface area contributed by atoms with E-state index in [1.165, 1.54) is 64.9 Å². The van der Waals surface area contributed by atoms with Crippen LogP contribution >= 0.6 is 0 Å². The number of amides is 2. The lowest BCUT2D eigenvalue weighted by molar-refractivity contribution is -0.122. The van der Waals surface area contributed by atoms with Crippen LogP contribution in [0.15, 0.2) is 72.4 Å². The van der Waals surface area contributed by atoms with Crippen molar-refractivity contribution in [2.45, 2.75) is 40.0 Å². The standard InChI is InChI=1S/C14H14.C9H7FN2O2.C6H9.H2/c1-10-4-8-13-11(2)6-7-12(3)14(13)9-5-10;10-6-1-3-7(4-2-6)12-9(14)5-8(13)11-12;1-2-3-6-4-5-6;/h4-9H,1H2,2-3H3;1-4H,5H2,(H,11,13);4-5H,2-3H2,1H3;1H. The van der Waals surface area contributed by atoms with Crippen LogP contribution in [0.2, 0.25) is 0 Å². The molecule has 0 bridgehead atoms. The summed E-state index contributed by atoms with van der Waals surface area (Å²) in [5.74, 6) is -1.06. The van der Waals surface area contributed by atoms with Crippen molar-refractivity contribution in [3.63, 3.8) is 0 Å². The van der Waals surface area contributed by atoms with Crippen molar-refractivity contribution >= 4 is 29.7 Å². The molecule has 0 spiro atoms. The van der Waals surface area contributed by atoms with E-state index in [2.05, 4.69) is 81.7 Å². The first-order valence-corrected chi connectivity index (χ1v) is 11.4. The van der Waals surface area contributed by atoms with Gasteiger partial charge in [-0.25, -0.2) is 9.40 Å². The van der Waals surface area contributed by atoms with E-state index >= 15 is 0 Å². The Labute approximate surface area is 202 Å². The highest BCUT2D eigenvalue weighted by Crippen LogP contribution is 2.25. The molecular formula is C29H32FN2O2. The first-order valence-electron chi connectivity index (χ1n) is 11.4. The van der Waals surface area contributed by atoms with Crippen LogP contribution < -0.4 is 10.4 Å². The van der Waals surface area contributed by atoms with Gasteiger partial charge in [-0.15, -0.1) is 0 Å². The normalized spacial score (nSPS) is 15.4. The zero-order valence-electron chi connectivity index (χ0n) is 19.9. The molecule has 2 aromatic rings. The minimum Gasteiger partial charge on any atom is -0.273 e. The Kier molecular flexibility index (Phi) is 8.36. The van der Waals surface area contributed by atoms with Crippen molar-refractivity contribution in [3.8, 4) is 0 Å². The van der Waals surface area contributed by atoms with E-state index < -0.39 is 0 Å². The molecule has 2 amide bonds. The number of halogens is 1. The van der Waals surface area contributed by atoms with Gasteiger partial charge in [0.05, 0.1) is 5.69 Å². The highest BCUT2D eigenvalue weighted by atomic mass is 19.1. The summed E-state index contributed by atoms with van der Waals surface area (Å²) in [6.07, 6.45) is 15.2. The fraction of sp³-hybridized carbons (Fsp3) is 0.207. The summed E-state index contributed by atoms with van der Waals surface area (Å²) >= 11 is 0. The van der Waals surface area contributed by atoms with Gasteiger partial charge in [0.15, 0.2) is 0 Å². The third-order valence-electron chi connectivity index (χ3n) is 5.47. The summed E-state index contributed by atoms with van der Waals surface area (Å²) < 4.78 is 12.6. The number of hydrogen-bond acceptors (Lipinski definition) is 2. The maximum atomic E-state index is 12.6. The molecule has 2 aromatic carbocycles. The molecule has 0 saturated carbocycles. The highest BCUT2D eigenvalue weighted by Gasteiger charge is 2.27. The number of fused-ring (bicyclic) bond motifs is 1. The molecule has 1 aliphatic heterocycles. The molecule has 5 heteroatoms. The fourth-order valence-electron chi connectivity index (χ4n) is 3.49. The summed E-state index contributed by atoms with van der Waals surface area (Å²) in [4.78, 5) is 22.1. The van der Waals surface area contributed by atoms with Gasteiger partial charge in [0.25, 0.3) is 5.91 Å². The van der Waals surface area contributed by atoms with Gasteiger partial charge in [-0.1, -0.05) is 68.0 Å². The van der Waals surface area contributed by atoms with Gasteiger partial charge in [-0.2, -0.15) is 0 Å². The van der Waals surface area contributed by atoms with Crippen LogP contribution in [-0.4, -0.2) is 11.8 Å². The van der Waals surface area contributed by atoms with Gasteiger partial charge >= 0.3 is 0 Å². The zero-order chi connectivity index (χ0) is 24.7. The molecule has 34 heavy (non-hydrogen) atoms. The van der Waals surface area contributed by atoms with Gasteiger partial charge in [-0.05, 0) is 72.4 Å². The number of hydrazine groups is 1. The van der Waals surface area contributed by atoms with Crippen LogP contribution in [0.5, 0.6) is 0 Å². The lowest BCUT2D eigenvalue weighted by Gasteiger charge is -2.14. The average Bonchev–Trinajstić information content (AvgIpc) is 3.59. The smallest absolute Gasteiger partial charge is 0.255 e. The Morgan fingerprint density at radius 2 is 1.53 bits per heavy atom. The molecule has 0 atom stereocenters. The van der Waals surface area contributed by atoms with E-state index in [1.54, 1.807) is 0 Å². The van der Waals surface area contributed by atoms with Crippen molar-refractivity contribution in [2.75, 3.05) is 5.01 Å². The first kappa shape index (κ1) is 24.9. The second-order valence-corrected chi connectivity index (χ2v) is 8.34. The summed E-state index contributed by atoms with van der Waals surface area (Å²) in [5.41, 5.74) is 10.7. The molecule has 3 aliphatic rings. The summed E-state index contributed by atoms with van der Waals surface area (Å²) in [5, 5.41) is 1.11. The summed E-state index contributed by atoms with van der Waals surface area (Å²) in [6.45, 7) is 10.4. The minimum atomic E-state index is -0.383. The maximum Gasteiger partial charge on any atom is 0.255 e. The van der Waals surface area contributed by atoms with E-state index in [4.69, 9.17) is 0 Å². The SMILES string of the molecule is C=C1C=Cc2c(C)ccc(C)c2C=C1.CCCC1=C[CH]1.O=C1CC(=O)N(c2ccc(F)cc2)N1.[HH]. The third-order valence-corrected chi connectivity index (χ3v) is 5.47. The zero-order valence-corrected chi connectivity index (χ0v) is 19.9. The number of hydrogen-bond donors (Lipinski definition) is 1. The molecule has 1 radical (unpaired) electrons. The van der Waals surface area contributed by atoms with Gasteiger partial charge in [-0.3, -0.25) is 15.0 Å². The number of aryl methyl sites for hydroxylation is 2. The number of carbonyl (C=O) groups excluding carboxylic acids is 2. The Morgan fingerprint density at radius 3 is 1.94 bits per heavy atom. The molecule has 1 N–H and O–H groups in total. The van der Waals surface area contributed by atoms with E-state index in [-0.39, 0.29) is 25.5 Å².